The van der Waals surface area contributed by atoms with Crippen molar-refractivity contribution in [2.45, 2.75) is 58.3 Å². The first kappa shape index (κ1) is 25.4. The van der Waals surface area contributed by atoms with Gasteiger partial charge in [0.2, 0.25) is 0 Å². The summed E-state index contributed by atoms with van der Waals surface area (Å²) >= 11 is 0. The molecular formula is C28H36FNO2. The molecule has 0 fully saturated rings. The molecule has 0 saturated heterocycles. The number of allylic oxidation sites excluding steroid dienone is 1. The van der Waals surface area contributed by atoms with Crippen molar-refractivity contribution in [1.29, 1.82) is 0 Å². The summed E-state index contributed by atoms with van der Waals surface area (Å²) in [6, 6.07) is 14.7. The highest BCUT2D eigenvalue weighted by Gasteiger charge is 1.96. The second kappa shape index (κ2) is 15.9. The maximum atomic E-state index is 12.9. The zero-order chi connectivity index (χ0) is 22.9. The van der Waals surface area contributed by atoms with Gasteiger partial charge in [0, 0.05) is 18.3 Å². The van der Waals surface area contributed by atoms with Crippen LogP contribution in [0.5, 0.6) is 0 Å². The zero-order valence-electron chi connectivity index (χ0n) is 19.2. The molecule has 0 spiro atoms. The lowest BCUT2D eigenvalue weighted by molar-refractivity contribution is -0.137. The van der Waals surface area contributed by atoms with E-state index in [4.69, 9.17) is 4.74 Å². The molecule has 0 bridgehead atoms. The monoisotopic (exact) mass is 437 g/mol. The van der Waals surface area contributed by atoms with Crippen molar-refractivity contribution in [2.24, 2.45) is 0 Å². The number of esters is 1. The minimum Gasteiger partial charge on any atom is -0.463 e. The number of hydrogen-bond acceptors (Lipinski definition) is 3. The van der Waals surface area contributed by atoms with Crippen LogP contribution in [0.3, 0.4) is 0 Å². The van der Waals surface area contributed by atoms with Crippen LogP contribution in [0.2, 0.25) is 0 Å². The Morgan fingerprint density at radius 1 is 0.844 bits per heavy atom. The quantitative estimate of drug-likeness (QED) is 0.177. The van der Waals surface area contributed by atoms with E-state index in [1.165, 1.54) is 63.2 Å². The maximum Gasteiger partial charge on any atom is 0.330 e. The summed E-state index contributed by atoms with van der Waals surface area (Å²) in [6.45, 7) is 3.17. The van der Waals surface area contributed by atoms with Crippen LogP contribution in [0.15, 0.2) is 60.7 Å². The van der Waals surface area contributed by atoms with Crippen molar-refractivity contribution in [1.82, 2.24) is 0 Å². The molecule has 172 valence electrons. The smallest absolute Gasteiger partial charge is 0.330 e. The molecule has 0 saturated carbocycles. The number of rotatable bonds is 15. The van der Waals surface area contributed by atoms with Gasteiger partial charge in [0.25, 0.3) is 0 Å². The van der Waals surface area contributed by atoms with Crippen LogP contribution in [0.1, 0.15) is 69.4 Å². The normalized spacial score (nSPS) is 11.3. The molecule has 0 aliphatic heterocycles. The molecular weight excluding hydrogens is 401 g/mol. The third-order valence-electron chi connectivity index (χ3n) is 5.17. The first-order valence-electron chi connectivity index (χ1n) is 11.8. The van der Waals surface area contributed by atoms with Gasteiger partial charge in [0.05, 0.1) is 6.61 Å². The average molecular weight is 438 g/mol. The molecule has 0 aliphatic carbocycles. The first-order valence-corrected chi connectivity index (χ1v) is 11.8. The van der Waals surface area contributed by atoms with Crippen molar-refractivity contribution in [3.8, 4) is 0 Å². The number of anilines is 1. The number of halogens is 1. The molecule has 0 radical (unpaired) electrons. The Labute approximate surface area is 192 Å². The lowest BCUT2D eigenvalue weighted by Crippen LogP contribution is -2.01. The fraction of sp³-hybridized carbons (Fsp3) is 0.393. The van der Waals surface area contributed by atoms with Crippen molar-refractivity contribution in [3.05, 3.63) is 77.6 Å². The van der Waals surface area contributed by atoms with Crippen LogP contribution in [-0.2, 0) is 9.53 Å². The third-order valence-corrected chi connectivity index (χ3v) is 5.17. The van der Waals surface area contributed by atoms with Crippen LogP contribution in [0.4, 0.5) is 10.1 Å². The first-order chi connectivity index (χ1) is 15.7. The van der Waals surface area contributed by atoms with Gasteiger partial charge in [0.1, 0.15) is 5.82 Å². The number of nitrogens with one attached hydrogen (secondary N) is 1. The van der Waals surface area contributed by atoms with E-state index in [2.05, 4.69) is 17.5 Å². The highest BCUT2D eigenvalue weighted by atomic mass is 19.1. The minimum atomic E-state index is -0.312. The topological polar surface area (TPSA) is 38.3 Å². The van der Waals surface area contributed by atoms with E-state index < -0.39 is 0 Å². The van der Waals surface area contributed by atoms with Gasteiger partial charge in [-0.05, 0) is 67.7 Å². The van der Waals surface area contributed by atoms with Crippen molar-refractivity contribution in [2.75, 3.05) is 18.5 Å². The summed E-state index contributed by atoms with van der Waals surface area (Å²) in [5.41, 5.74) is 3.14. The van der Waals surface area contributed by atoms with Gasteiger partial charge >= 0.3 is 5.97 Å². The van der Waals surface area contributed by atoms with E-state index in [1.54, 1.807) is 13.0 Å². The molecule has 0 aromatic heterocycles. The molecule has 0 unspecified atom stereocenters. The van der Waals surface area contributed by atoms with Crippen LogP contribution < -0.4 is 5.32 Å². The van der Waals surface area contributed by atoms with Gasteiger partial charge in [-0.2, -0.15) is 0 Å². The van der Waals surface area contributed by atoms with Gasteiger partial charge in [-0.1, -0.05) is 68.5 Å². The van der Waals surface area contributed by atoms with E-state index in [0.29, 0.717) is 6.61 Å². The molecule has 0 amide bonds. The molecule has 0 heterocycles. The lowest BCUT2D eigenvalue weighted by Gasteiger charge is -2.07. The molecule has 3 nitrogen and oxygen atoms in total. The highest BCUT2D eigenvalue weighted by Crippen LogP contribution is 2.13. The van der Waals surface area contributed by atoms with Crippen molar-refractivity contribution >= 4 is 23.8 Å². The second-order valence-electron chi connectivity index (χ2n) is 7.85. The number of carbonyl (C=O) groups excluding carboxylic acids is 1. The van der Waals surface area contributed by atoms with Gasteiger partial charge in [-0.15, -0.1) is 0 Å². The minimum absolute atomic E-state index is 0.186. The highest BCUT2D eigenvalue weighted by molar-refractivity contribution is 5.87. The average Bonchev–Trinajstić information content (AvgIpc) is 2.80. The molecule has 1 N–H and O–H groups in total. The summed E-state index contributed by atoms with van der Waals surface area (Å²) < 4.78 is 17.7. The Morgan fingerprint density at radius 3 is 2.12 bits per heavy atom. The SMILES string of the molecule is CCOC(=O)/C=C/c1ccc(NCCCCCCCCC/C=C/c2ccc(F)cc2)cc1. The largest absolute Gasteiger partial charge is 0.463 e. The fourth-order valence-corrected chi connectivity index (χ4v) is 3.36. The number of carbonyl (C=O) groups is 1. The number of unbranched alkanes of at least 4 members (excludes halogenated alkanes) is 7. The fourth-order valence-electron chi connectivity index (χ4n) is 3.36. The van der Waals surface area contributed by atoms with Crippen LogP contribution >= 0.6 is 0 Å². The summed E-state index contributed by atoms with van der Waals surface area (Å²) in [6.07, 6.45) is 17.3. The summed E-state index contributed by atoms with van der Waals surface area (Å²) in [7, 11) is 0. The second-order valence-corrected chi connectivity index (χ2v) is 7.85. The Bertz CT molecular complexity index is 826. The van der Waals surface area contributed by atoms with Crippen molar-refractivity contribution in [3.63, 3.8) is 0 Å². The van der Waals surface area contributed by atoms with Crippen LogP contribution in [0.25, 0.3) is 12.2 Å². The predicted molar refractivity (Wildman–Crippen MR) is 133 cm³/mol. The van der Waals surface area contributed by atoms with Gasteiger partial charge in [-0.3, -0.25) is 0 Å². The number of ether oxygens (including phenoxy) is 1. The number of hydrogen-bond donors (Lipinski definition) is 1. The molecule has 4 heteroatoms. The lowest BCUT2D eigenvalue weighted by atomic mass is 10.1. The summed E-state index contributed by atoms with van der Waals surface area (Å²) in [4.78, 5) is 11.3. The van der Waals surface area contributed by atoms with E-state index in [9.17, 15) is 9.18 Å². The van der Waals surface area contributed by atoms with Crippen LogP contribution in [0, 0.1) is 5.82 Å². The maximum absolute atomic E-state index is 12.9. The Morgan fingerprint density at radius 2 is 1.44 bits per heavy atom. The van der Waals surface area contributed by atoms with E-state index >= 15 is 0 Å². The molecule has 32 heavy (non-hydrogen) atoms. The van der Waals surface area contributed by atoms with E-state index in [-0.39, 0.29) is 11.8 Å². The molecule has 0 aliphatic rings. The Balaban J connectivity index is 1.44. The third kappa shape index (κ3) is 11.5. The molecule has 2 aromatic rings. The van der Waals surface area contributed by atoms with Gasteiger partial charge in [0.15, 0.2) is 0 Å². The van der Waals surface area contributed by atoms with Gasteiger partial charge < -0.3 is 10.1 Å². The standard InChI is InChI=1S/C28H36FNO2/c1-2-32-28(31)22-17-25-15-20-27(21-16-25)30-23-11-9-7-5-3-4-6-8-10-12-24-13-18-26(29)19-14-24/h10,12-22,30H,2-9,11,23H2,1H3/b12-10+,22-17+. The summed E-state index contributed by atoms with van der Waals surface area (Å²) in [5.74, 6) is -0.498. The molecule has 2 rings (SSSR count). The number of benzene rings is 2. The van der Waals surface area contributed by atoms with Gasteiger partial charge in [-0.25, -0.2) is 9.18 Å². The molecule has 0 atom stereocenters. The molecule has 2 aromatic carbocycles. The van der Waals surface area contributed by atoms with E-state index in [1.807, 2.05) is 36.4 Å². The predicted octanol–water partition coefficient (Wildman–Crippen LogP) is 7.65. The summed E-state index contributed by atoms with van der Waals surface area (Å²) in [5, 5.41) is 3.45. The Hall–Kier alpha value is -2.88. The Kier molecular flexibility index (Phi) is 12.6. The van der Waals surface area contributed by atoms with Crippen molar-refractivity contribution < 1.29 is 13.9 Å². The van der Waals surface area contributed by atoms with E-state index in [0.717, 1.165) is 29.8 Å². The van der Waals surface area contributed by atoms with Crippen LogP contribution in [-0.4, -0.2) is 19.1 Å². The zero-order valence-corrected chi connectivity index (χ0v) is 19.2.